The Morgan fingerprint density at radius 2 is 1.97 bits per heavy atom. The molecule has 0 radical (unpaired) electrons. The molecule has 0 saturated carbocycles. The molecule has 7 heteroatoms. The van der Waals surface area contributed by atoms with E-state index in [0.717, 1.165) is 41.1 Å². The van der Waals surface area contributed by atoms with Crippen molar-refractivity contribution in [2.45, 2.75) is 39.3 Å². The number of methoxy groups -OCH3 is 1. The normalized spacial score (nSPS) is 13.6. The van der Waals surface area contributed by atoms with Gasteiger partial charge >= 0.3 is 0 Å². The molecule has 1 aliphatic rings. The topological polar surface area (TPSA) is 61.9 Å². The molecule has 1 aromatic heterocycles. The Balaban J connectivity index is 1.45. The summed E-state index contributed by atoms with van der Waals surface area (Å²) in [5.74, 6) is 0.817. The first kappa shape index (κ1) is 24.0. The van der Waals surface area contributed by atoms with Crippen LogP contribution in [0.25, 0.3) is 0 Å². The van der Waals surface area contributed by atoms with Gasteiger partial charge in [0, 0.05) is 42.3 Å². The van der Waals surface area contributed by atoms with Gasteiger partial charge in [0.15, 0.2) is 0 Å². The maximum atomic E-state index is 13.1. The van der Waals surface area contributed by atoms with Gasteiger partial charge in [0.25, 0.3) is 0 Å². The molecule has 1 unspecified atom stereocenters. The number of anilines is 2. The van der Waals surface area contributed by atoms with Gasteiger partial charge in [0.1, 0.15) is 5.75 Å². The second kappa shape index (κ2) is 10.8. The van der Waals surface area contributed by atoms with Gasteiger partial charge in [-0.15, -0.1) is 11.3 Å². The van der Waals surface area contributed by atoms with Gasteiger partial charge in [-0.3, -0.25) is 14.5 Å². The number of amides is 2. The van der Waals surface area contributed by atoms with Gasteiger partial charge in [0.05, 0.1) is 13.7 Å². The number of ether oxygens (including phenoxy) is 1. The molecule has 0 fully saturated rings. The number of benzene rings is 2. The van der Waals surface area contributed by atoms with Gasteiger partial charge < -0.3 is 15.0 Å². The fourth-order valence-corrected chi connectivity index (χ4v) is 5.20. The highest BCUT2D eigenvalue weighted by Crippen LogP contribution is 2.30. The van der Waals surface area contributed by atoms with Crippen molar-refractivity contribution in [3.8, 4) is 5.75 Å². The predicted octanol–water partition coefficient (Wildman–Crippen LogP) is 4.74. The number of thiophene rings is 1. The Hall–Kier alpha value is -3.16. The highest BCUT2D eigenvalue weighted by molar-refractivity contribution is 7.09. The molecule has 0 bridgehead atoms. The van der Waals surface area contributed by atoms with E-state index in [1.807, 2.05) is 42.5 Å². The minimum atomic E-state index is -0.0482. The van der Waals surface area contributed by atoms with E-state index in [9.17, 15) is 9.59 Å². The molecule has 1 atom stereocenters. The highest BCUT2D eigenvalue weighted by atomic mass is 32.1. The molecule has 0 aliphatic carbocycles. The fourth-order valence-electron chi connectivity index (χ4n) is 4.37. The van der Waals surface area contributed by atoms with Crippen LogP contribution in [0.2, 0.25) is 0 Å². The molecule has 0 spiro atoms. The Bertz CT molecular complexity index is 1130. The Morgan fingerprint density at radius 1 is 1.18 bits per heavy atom. The van der Waals surface area contributed by atoms with Crippen molar-refractivity contribution >= 4 is 34.5 Å². The van der Waals surface area contributed by atoms with Crippen molar-refractivity contribution in [2.75, 3.05) is 30.4 Å². The molecule has 0 saturated heterocycles. The van der Waals surface area contributed by atoms with Crippen LogP contribution in [0.1, 0.15) is 29.9 Å². The van der Waals surface area contributed by atoms with Crippen molar-refractivity contribution in [1.29, 1.82) is 0 Å². The zero-order valence-corrected chi connectivity index (χ0v) is 20.7. The van der Waals surface area contributed by atoms with Crippen molar-refractivity contribution in [3.63, 3.8) is 0 Å². The number of hydrogen-bond donors (Lipinski definition) is 1. The van der Waals surface area contributed by atoms with Crippen LogP contribution < -0.4 is 15.0 Å². The van der Waals surface area contributed by atoms with E-state index in [1.165, 1.54) is 4.88 Å². The lowest BCUT2D eigenvalue weighted by Crippen LogP contribution is -2.40. The van der Waals surface area contributed by atoms with E-state index in [-0.39, 0.29) is 24.4 Å². The summed E-state index contributed by atoms with van der Waals surface area (Å²) in [6, 6.07) is 18.2. The lowest BCUT2D eigenvalue weighted by Gasteiger charge is -2.28. The van der Waals surface area contributed by atoms with E-state index in [4.69, 9.17) is 4.74 Å². The third kappa shape index (κ3) is 5.85. The van der Waals surface area contributed by atoms with E-state index >= 15 is 0 Å². The Kier molecular flexibility index (Phi) is 7.65. The fraction of sp³-hybridized carbons (Fsp3) is 0.333. The minimum absolute atomic E-state index is 0.0458. The summed E-state index contributed by atoms with van der Waals surface area (Å²) in [5.41, 5.74) is 3.93. The zero-order valence-electron chi connectivity index (χ0n) is 19.9. The van der Waals surface area contributed by atoms with E-state index in [1.54, 1.807) is 30.3 Å². The second-order valence-corrected chi connectivity index (χ2v) is 9.73. The summed E-state index contributed by atoms with van der Waals surface area (Å²) in [5, 5.41) is 5.15. The maximum Gasteiger partial charge on any atom is 0.238 e. The first-order chi connectivity index (χ1) is 16.4. The second-order valence-electron chi connectivity index (χ2n) is 8.70. The average Bonchev–Trinajstić information content (AvgIpc) is 3.48. The lowest BCUT2D eigenvalue weighted by molar-refractivity contribution is -0.118. The van der Waals surface area contributed by atoms with E-state index in [0.29, 0.717) is 13.1 Å². The zero-order chi connectivity index (χ0) is 24.1. The first-order valence-corrected chi connectivity index (χ1v) is 12.4. The average molecular weight is 478 g/mol. The summed E-state index contributed by atoms with van der Waals surface area (Å²) in [6.07, 6.45) is 1.70. The highest BCUT2D eigenvalue weighted by Gasteiger charge is 2.23. The smallest absolute Gasteiger partial charge is 0.238 e. The SMILES string of the molecule is COc1ccc(CN(CC(=O)Nc2ccc3c(c2)CCN3C(C)=O)C(C)Cc2cccs2)cc1. The quantitative estimate of drug-likeness (QED) is 0.484. The summed E-state index contributed by atoms with van der Waals surface area (Å²) in [7, 11) is 1.66. The minimum Gasteiger partial charge on any atom is -0.497 e. The predicted molar refractivity (Wildman–Crippen MR) is 138 cm³/mol. The van der Waals surface area contributed by atoms with Gasteiger partial charge in [-0.2, -0.15) is 0 Å². The van der Waals surface area contributed by atoms with E-state index in [2.05, 4.69) is 34.7 Å². The van der Waals surface area contributed by atoms with Crippen LogP contribution in [0, 0.1) is 0 Å². The van der Waals surface area contributed by atoms with Gasteiger partial charge in [-0.25, -0.2) is 0 Å². The molecule has 1 N–H and O–H groups in total. The number of carbonyl (C=O) groups is 2. The monoisotopic (exact) mass is 477 g/mol. The largest absolute Gasteiger partial charge is 0.497 e. The molecule has 2 amide bonds. The van der Waals surface area contributed by atoms with Crippen LogP contribution in [0.3, 0.4) is 0 Å². The number of nitrogens with zero attached hydrogens (tertiary/aromatic N) is 2. The molecular formula is C27H31N3O3S. The van der Waals surface area contributed by atoms with Gasteiger partial charge in [0.2, 0.25) is 11.8 Å². The standard InChI is InChI=1S/C27H31N3O3S/c1-19(15-25-5-4-14-34-25)29(17-21-6-9-24(33-3)10-7-21)18-27(32)28-23-8-11-26-22(16-23)12-13-30(26)20(2)31/h4-11,14,16,19H,12-13,15,17-18H2,1-3H3,(H,28,32). The number of rotatable bonds is 9. The third-order valence-electron chi connectivity index (χ3n) is 6.23. The maximum absolute atomic E-state index is 13.1. The van der Waals surface area contributed by atoms with Gasteiger partial charge in [-0.05, 0) is 72.7 Å². The summed E-state index contributed by atoms with van der Waals surface area (Å²) >= 11 is 1.74. The molecule has 34 heavy (non-hydrogen) atoms. The molecular weight excluding hydrogens is 446 g/mol. The summed E-state index contributed by atoms with van der Waals surface area (Å²) in [4.78, 5) is 30.2. The third-order valence-corrected chi connectivity index (χ3v) is 7.13. The van der Waals surface area contributed by atoms with Gasteiger partial charge in [-0.1, -0.05) is 18.2 Å². The Labute approximate surface area is 205 Å². The number of carbonyl (C=O) groups excluding carboxylic acids is 2. The molecule has 178 valence electrons. The molecule has 3 aromatic rings. The summed E-state index contributed by atoms with van der Waals surface area (Å²) < 4.78 is 5.28. The van der Waals surface area contributed by atoms with Crippen molar-refractivity contribution in [2.24, 2.45) is 0 Å². The van der Waals surface area contributed by atoms with Crippen LogP contribution in [-0.4, -0.2) is 43.0 Å². The molecule has 6 nitrogen and oxygen atoms in total. The van der Waals surface area contributed by atoms with Crippen LogP contribution in [0.15, 0.2) is 60.0 Å². The van der Waals surface area contributed by atoms with Crippen LogP contribution in [-0.2, 0) is 29.0 Å². The van der Waals surface area contributed by atoms with Crippen molar-refractivity contribution in [1.82, 2.24) is 4.90 Å². The number of nitrogens with one attached hydrogen (secondary N) is 1. The molecule has 4 rings (SSSR count). The number of hydrogen-bond acceptors (Lipinski definition) is 5. The molecule has 2 heterocycles. The summed E-state index contributed by atoms with van der Waals surface area (Å²) in [6.45, 7) is 5.40. The van der Waals surface area contributed by atoms with Crippen LogP contribution in [0.4, 0.5) is 11.4 Å². The molecule has 1 aliphatic heterocycles. The number of fused-ring (bicyclic) bond motifs is 1. The van der Waals surface area contributed by atoms with Crippen LogP contribution in [0.5, 0.6) is 5.75 Å². The lowest BCUT2D eigenvalue weighted by atomic mass is 10.1. The van der Waals surface area contributed by atoms with E-state index < -0.39 is 0 Å². The first-order valence-electron chi connectivity index (χ1n) is 11.5. The van der Waals surface area contributed by atoms with Crippen molar-refractivity contribution in [3.05, 3.63) is 76.0 Å². The molecule has 2 aromatic carbocycles. The van der Waals surface area contributed by atoms with Crippen molar-refractivity contribution < 1.29 is 14.3 Å². The Morgan fingerprint density at radius 3 is 2.65 bits per heavy atom. The van der Waals surface area contributed by atoms with Crippen LogP contribution >= 0.6 is 11.3 Å².